The molecule has 0 fully saturated rings. The summed E-state index contributed by atoms with van der Waals surface area (Å²) in [5.74, 6) is 1.22. The van der Waals surface area contributed by atoms with Crippen molar-refractivity contribution in [1.29, 1.82) is 0 Å². The first-order valence-corrected chi connectivity index (χ1v) is 7.36. The molecule has 0 radical (unpaired) electrons. The molecular formula is C20H14O3. The third-order valence-corrected chi connectivity index (χ3v) is 3.97. The number of hydrogen-bond acceptors (Lipinski definition) is 3. The molecule has 0 amide bonds. The summed E-state index contributed by atoms with van der Waals surface area (Å²) in [5, 5.41) is 2.81. The van der Waals surface area contributed by atoms with Crippen LogP contribution in [-0.4, -0.2) is 7.11 Å². The van der Waals surface area contributed by atoms with Gasteiger partial charge in [-0.2, -0.15) is 0 Å². The fraction of sp³-hybridized carbons (Fsp3) is 0.0500. The molecule has 3 heteroatoms. The normalized spacial score (nSPS) is 11.0. The van der Waals surface area contributed by atoms with Gasteiger partial charge in [0.1, 0.15) is 17.1 Å². The number of ether oxygens (including phenoxy) is 1. The molecule has 1 aromatic heterocycles. The Morgan fingerprint density at radius 3 is 2.52 bits per heavy atom. The second-order valence-corrected chi connectivity index (χ2v) is 5.40. The Bertz CT molecular complexity index is 1080. The molecule has 3 aromatic carbocycles. The molecule has 0 unspecified atom stereocenters. The molecule has 0 aliphatic heterocycles. The molecule has 0 bridgehead atoms. The van der Waals surface area contributed by atoms with E-state index in [0.29, 0.717) is 22.5 Å². The zero-order chi connectivity index (χ0) is 15.8. The Labute approximate surface area is 132 Å². The largest absolute Gasteiger partial charge is 0.497 e. The summed E-state index contributed by atoms with van der Waals surface area (Å²) in [6.07, 6.45) is 0. The topological polar surface area (TPSA) is 39.4 Å². The molecule has 112 valence electrons. The zero-order valence-electron chi connectivity index (χ0n) is 12.6. The van der Waals surface area contributed by atoms with Crippen LogP contribution in [0, 0.1) is 0 Å². The van der Waals surface area contributed by atoms with Crippen LogP contribution in [0.25, 0.3) is 33.1 Å². The van der Waals surface area contributed by atoms with Crippen molar-refractivity contribution in [3.05, 3.63) is 77.0 Å². The van der Waals surface area contributed by atoms with Crippen LogP contribution >= 0.6 is 0 Å². The highest BCUT2D eigenvalue weighted by Gasteiger charge is 2.08. The maximum atomic E-state index is 12.3. The monoisotopic (exact) mass is 302 g/mol. The molecule has 0 N–H and O–H groups in total. The highest BCUT2D eigenvalue weighted by Crippen LogP contribution is 2.27. The highest BCUT2D eigenvalue weighted by atomic mass is 16.5. The van der Waals surface area contributed by atoms with Crippen molar-refractivity contribution in [2.24, 2.45) is 0 Å². The quantitative estimate of drug-likeness (QED) is 0.542. The Morgan fingerprint density at radius 2 is 1.70 bits per heavy atom. The molecule has 0 atom stereocenters. The molecule has 3 nitrogen and oxygen atoms in total. The summed E-state index contributed by atoms with van der Waals surface area (Å²) < 4.78 is 11.1. The highest BCUT2D eigenvalue weighted by molar-refractivity contribution is 5.87. The van der Waals surface area contributed by atoms with E-state index in [1.165, 1.54) is 0 Å². The minimum atomic E-state index is -0.0583. The van der Waals surface area contributed by atoms with E-state index in [9.17, 15) is 4.79 Å². The van der Waals surface area contributed by atoms with Gasteiger partial charge in [-0.3, -0.25) is 4.79 Å². The number of hydrogen-bond donors (Lipinski definition) is 0. The van der Waals surface area contributed by atoms with E-state index >= 15 is 0 Å². The second-order valence-electron chi connectivity index (χ2n) is 5.40. The van der Waals surface area contributed by atoms with E-state index in [-0.39, 0.29) is 5.43 Å². The van der Waals surface area contributed by atoms with Gasteiger partial charge in [0.05, 0.1) is 12.5 Å². The van der Waals surface area contributed by atoms with Gasteiger partial charge in [0, 0.05) is 17.7 Å². The first-order valence-electron chi connectivity index (χ1n) is 7.36. The summed E-state index contributed by atoms with van der Waals surface area (Å²) in [5.41, 5.74) is 1.35. The van der Waals surface area contributed by atoms with Crippen molar-refractivity contribution in [2.75, 3.05) is 7.11 Å². The smallest absolute Gasteiger partial charge is 0.193 e. The molecule has 1 heterocycles. The van der Waals surface area contributed by atoms with Crippen molar-refractivity contribution in [1.82, 2.24) is 0 Å². The fourth-order valence-corrected chi connectivity index (χ4v) is 2.75. The minimum Gasteiger partial charge on any atom is -0.497 e. The molecular weight excluding hydrogens is 288 g/mol. The van der Waals surface area contributed by atoms with Gasteiger partial charge in [0.25, 0.3) is 0 Å². The lowest BCUT2D eigenvalue weighted by molar-refractivity contribution is 0.414. The van der Waals surface area contributed by atoms with Crippen LogP contribution in [0.3, 0.4) is 0 Å². The molecule has 23 heavy (non-hydrogen) atoms. The van der Waals surface area contributed by atoms with Crippen LogP contribution in [-0.2, 0) is 0 Å². The maximum Gasteiger partial charge on any atom is 0.193 e. The van der Waals surface area contributed by atoms with Gasteiger partial charge in [0.15, 0.2) is 5.43 Å². The Hall–Kier alpha value is -3.07. The second kappa shape index (κ2) is 5.29. The summed E-state index contributed by atoms with van der Waals surface area (Å²) in [6, 6.07) is 20.9. The fourth-order valence-electron chi connectivity index (χ4n) is 2.75. The van der Waals surface area contributed by atoms with Crippen molar-refractivity contribution in [3.63, 3.8) is 0 Å². The van der Waals surface area contributed by atoms with E-state index in [1.807, 2.05) is 36.4 Å². The predicted molar refractivity (Wildman–Crippen MR) is 92.0 cm³/mol. The molecule has 0 saturated heterocycles. The van der Waals surface area contributed by atoms with Gasteiger partial charge in [0.2, 0.25) is 0 Å². The lowest BCUT2D eigenvalue weighted by Gasteiger charge is -2.06. The van der Waals surface area contributed by atoms with Gasteiger partial charge in [-0.15, -0.1) is 0 Å². The zero-order valence-corrected chi connectivity index (χ0v) is 12.6. The van der Waals surface area contributed by atoms with E-state index in [0.717, 1.165) is 16.3 Å². The summed E-state index contributed by atoms with van der Waals surface area (Å²) in [7, 11) is 1.59. The Balaban J connectivity index is 1.94. The number of benzene rings is 3. The Kier molecular flexibility index (Phi) is 3.12. The van der Waals surface area contributed by atoms with Gasteiger partial charge in [-0.05, 0) is 29.0 Å². The van der Waals surface area contributed by atoms with Crippen molar-refractivity contribution in [2.45, 2.75) is 0 Å². The SMILES string of the molecule is COc1ccc2c(=O)cc(-c3ccc4ccccc4c3)oc2c1. The van der Waals surface area contributed by atoms with Gasteiger partial charge in [-0.25, -0.2) is 0 Å². The predicted octanol–water partition coefficient (Wildman–Crippen LogP) is 4.62. The third kappa shape index (κ3) is 2.36. The molecule has 0 aliphatic carbocycles. The first kappa shape index (κ1) is 13.6. The molecule has 0 spiro atoms. The van der Waals surface area contributed by atoms with Crippen LogP contribution in [0.1, 0.15) is 0 Å². The van der Waals surface area contributed by atoms with Crippen molar-refractivity contribution >= 4 is 21.7 Å². The molecule has 4 rings (SSSR count). The molecule has 0 saturated carbocycles. The van der Waals surface area contributed by atoms with E-state index in [4.69, 9.17) is 9.15 Å². The van der Waals surface area contributed by atoms with Crippen LogP contribution in [0.2, 0.25) is 0 Å². The van der Waals surface area contributed by atoms with Crippen LogP contribution in [0.4, 0.5) is 0 Å². The van der Waals surface area contributed by atoms with Crippen molar-refractivity contribution < 1.29 is 9.15 Å². The number of fused-ring (bicyclic) bond motifs is 2. The standard InChI is InChI=1S/C20H14O3/c1-22-16-8-9-17-18(21)12-19(23-20(17)11-16)15-7-6-13-4-2-3-5-14(13)10-15/h2-12H,1H3. The average Bonchev–Trinajstić information content (AvgIpc) is 2.60. The van der Waals surface area contributed by atoms with Gasteiger partial charge >= 0.3 is 0 Å². The van der Waals surface area contributed by atoms with E-state index in [1.54, 1.807) is 31.4 Å². The minimum absolute atomic E-state index is 0.0583. The number of rotatable bonds is 2. The third-order valence-electron chi connectivity index (χ3n) is 3.97. The van der Waals surface area contributed by atoms with Crippen LogP contribution < -0.4 is 10.2 Å². The van der Waals surface area contributed by atoms with E-state index in [2.05, 4.69) is 6.07 Å². The molecule has 4 aromatic rings. The lowest BCUT2D eigenvalue weighted by Crippen LogP contribution is -2.00. The summed E-state index contributed by atoms with van der Waals surface area (Å²) in [4.78, 5) is 12.3. The van der Waals surface area contributed by atoms with Crippen LogP contribution in [0.15, 0.2) is 75.9 Å². The number of methoxy groups -OCH3 is 1. The summed E-state index contributed by atoms with van der Waals surface area (Å²) >= 11 is 0. The Morgan fingerprint density at radius 1 is 0.870 bits per heavy atom. The molecule has 0 aliphatic rings. The first-order chi connectivity index (χ1) is 11.2. The lowest BCUT2D eigenvalue weighted by atomic mass is 10.0. The average molecular weight is 302 g/mol. The van der Waals surface area contributed by atoms with Gasteiger partial charge < -0.3 is 9.15 Å². The summed E-state index contributed by atoms with van der Waals surface area (Å²) in [6.45, 7) is 0. The van der Waals surface area contributed by atoms with Crippen molar-refractivity contribution in [3.8, 4) is 17.1 Å². The van der Waals surface area contributed by atoms with Gasteiger partial charge in [-0.1, -0.05) is 36.4 Å². The maximum absolute atomic E-state index is 12.3. The van der Waals surface area contributed by atoms with E-state index < -0.39 is 0 Å². The van der Waals surface area contributed by atoms with Crippen LogP contribution in [0.5, 0.6) is 5.75 Å².